The van der Waals surface area contributed by atoms with Gasteiger partial charge in [0.15, 0.2) is 0 Å². The Morgan fingerprint density at radius 3 is 2.32 bits per heavy atom. The van der Waals surface area contributed by atoms with Crippen LogP contribution in [0.15, 0.2) is 19.2 Å². The number of hydrogen-bond donors (Lipinski definition) is 1. The number of nitrogens with one attached hydrogen (secondary N) is 1. The van der Waals surface area contributed by atoms with E-state index in [0.29, 0.717) is 32.1 Å². The number of Topliss-reactive ketones (excluding diaryl/α,β-unsaturated/α-hetero) is 1. The lowest BCUT2D eigenvalue weighted by Gasteiger charge is -2.16. The molecule has 1 N–H and O–H groups in total. The van der Waals surface area contributed by atoms with Crippen LogP contribution in [0.5, 0.6) is 0 Å². The van der Waals surface area contributed by atoms with Gasteiger partial charge in [0.2, 0.25) is 5.95 Å². The number of ketones is 1. The Balaban J connectivity index is 2.32. The smallest absolute Gasteiger partial charge is 0.223 e. The lowest BCUT2D eigenvalue weighted by molar-refractivity contribution is -0.127. The van der Waals surface area contributed by atoms with Gasteiger partial charge in [-0.15, -0.1) is 0 Å². The van der Waals surface area contributed by atoms with E-state index in [0.717, 1.165) is 11.4 Å². The predicted octanol–water partition coefficient (Wildman–Crippen LogP) is 3.20. The van der Waals surface area contributed by atoms with E-state index in [9.17, 15) is 4.79 Å². The number of anilines is 1. The minimum atomic E-state index is -0.304. The molecule has 5 heteroatoms. The van der Waals surface area contributed by atoms with Crippen LogP contribution in [0.2, 0.25) is 0 Å². The number of rotatable bonds is 9. The summed E-state index contributed by atoms with van der Waals surface area (Å²) in [4.78, 5) is 20.3. The van der Waals surface area contributed by atoms with Crippen LogP contribution in [0.4, 0.5) is 5.95 Å². The van der Waals surface area contributed by atoms with Gasteiger partial charge in [0.05, 0.1) is 24.6 Å². The first-order chi connectivity index (χ1) is 10.4. The summed E-state index contributed by atoms with van der Waals surface area (Å²) >= 11 is 0. The highest BCUT2D eigenvalue weighted by atomic mass is 16.5. The lowest BCUT2D eigenvalue weighted by atomic mass is 9.89. The molecule has 1 aromatic heterocycles. The average molecular weight is 303 g/mol. The first kappa shape index (κ1) is 18.0. The normalized spacial score (nSPS) is 11.0. The van der Waals surface area contributed by atoms with Crippen molar-refractivity contribution < 1.29 is 9.53 Å². The molecule has 0 radical (unpaired) electrons. The van der Waals surface area contributed by atoms with Crippen molar-refractivity contribution in [1.82, 2.24) is 9.97 Å². The second-order valence-corrected chi connectivity index (χ2v) is 5.91. The maximum absolute atomic E-state index is 11.7. The van der Waals surface area contributed by atoms with Gasteiger partial charge in [0.1, 0.15) is 5.78 Å². The molecule has 0 spiro atoms. The highest BCUT2D eigenvalue weighted by Gasteiger charge is 2.20. The van der Waals surface area contributed by atoms with Crippen LogP contribution in [-0.2, 0) is 9.53 Å². The molecular weight excluding hydrogens is 278 g/mol. The van der Waals surface area contributed by atoms with Crippen LogP contribution >= 0.6 is 0 Å². The summed E-state index contributed by atoms with van der Waals surface area (Å²) < 4.78 is 5.46. The van der Waals surface area contributed by atoms with Crippen molar-refractivity contribution in [3.05, 3.63) is 30.6 Å². The van der Waals surface area contributed by atoms with Gasteiger partial charge in [-0.3, -0.25) is 4.79 Å². The van der Waals surface area contributed by atoms with Crippen molar-refractivity contribution >= 4 is 23.9 Å². The van der Waals surface area contributed by atoms with Crippen molar-refractivity contribution in [2.75, 3.05) is 25.1 Å². The molecule has 0 aliphatic rings. The summed E-state index contributed by atoms with van der Waals surface area (Å²) in [6.45, 7) is 14.6. The number of nitrogens with zero attached hydrogens (tertiary/aromatic N) is 2. The summed E-state index contributed by atoms with van der Waals surface area (Å²) in [7, 11) is 0. The lowest BCUT2D eigenvalue weighted by Crippen LogP contribution is -2.22. The average Bonchev–Trinajstić information content (AvgIpc) is 2.48. The zero-order valence-electron chi connectivity index (χ0n) is 13.7. The Morgan fingerprint density at radius 1 is 1.23 bits per heavy atom. The van der Waals surface area contributed by atoms with Gasteiger partial charge in [-0.05, 0) is 18.2 Å². The Kier molecular flexibility index (Phi) is 6.92. The van der Waals surface area contributed by atoms with E-state index in [1.807, 2.05) is 20.8 Å². The Bertz CT molecular complexity index is 507. The zero-order valence-corrected chi connectivity index (χ0v) is 13.7. The van der Waals surface area contributed by atoms with E-state index in [4.69, 9.17) is 4.74 Å². The maximum Gasteiger partial charge on any atom is 0.223 e. The van der Waals surface area contributed by atoms with Gasteiger partial charge < -0.3 is 10.1 Å². The van der Waals surface area contributed by atoms with Gasteiger partial charge in [0, 0.05) is 18.4 Å². The van der Waals surface area contributed by atoms with Crippen molar-refractivity contribution in [1.29, 1.82) is 0 Å². The van der Waals surface area contributed by atoms with E-state index < -0.39 is 0 Å². The molecule has 1 aromatic rings. The molecule has 120 valence electrons. The standard InChI is InChI=1S/C17H25N3O2/c1-6-13-12-14(7-2)20-16(19-13)18-9-11-22-10-8-15(21)17(3,4)5/h6-7,12H,1-2,8-11H2,3-5H3,(H,18,19,20). The van der Waals surface area contributed by atoms with Crippen LogP contribution in [0.25, 0.3) is 12.2 Å². The molecule has 22 heavy (non-hydrogen) atoms. The molecule has 0 unspecified atom stereocenters. The topological polar surface area (TPSA) is 64.1 Å². The zero-order chi connectivity index (χ0) is 16.6. The van der Waals surface area contributed by atoms with Crippen molar-refractivity contribution in [2.45, 2.75) is 27.2 Å². The number of hydrogen-bond acceptors (Lipinski definition) is 5. The molecule has 0 fully saturated rings. The monoisotopic (exact) mass is 303 g/mol. The SMILES string of the molecule is C=Cc1cc(C=C)nc(NCCOCCC(=O)C(C)(C)C)n1. The number of aromatic nitrogens is 2. The van der Waals surface area contributed by atoms with E-state index in [2.05, 4.69) is 28.4 Å². The Morgan fingerprint density at radius 2 is 1.82 bits per heavy atom. The summed E-state index contributed by atoms with van der Waals surface area (Å²) in [5, 5.41) is 3.08. The van der Waals surface area contributed by atoms with E-state index in [-0.39, 0.29) is 11.2 Å². The highest BCUT2D eigenvalue weighted by Crippen LogP contribution is 2.16. The van der Waals surface area contributed by atoms with E-state index in [1.165, 1.54) is 0 Å². The third kappa shape index (κ3) is 6.18. The summed E-state index contributed by atoms with van der Waals surface area (Å²) in [6.07, 6.45) is 3.76. The molecule has 0 aliphatic carbocycles. The largest absolute Gasteiger partial charge is 0.379 e. The fourth-order valence-corrected chi connectivity index (χ4v) is 1.65. The Hall–Kier alpha value is -2.01. The van der Waals surface area contributed by atoms with Gasteiger partial charge in [0.25, 0.3) is 0 Å². The fraction of sp³-hybridized carbons (Fsp3) is 0.471. The molecule has 0 aliphatic heterocycles. The van der Waals surface area contributed by atoms with Crippen molar-refractivity contribution in [3.8, 4) is 0 Å². The molecule has 0 atom stereocenters. The number of ether oxygens (including phenoxy) is 1. The molecular formula is C17H25N3O2. The molecule has 1 heterocycles. The first-order valence-electron chi connectivity index (χ1n) is 7.35. The molecule has 0 amide bonds. The Labute approximate surface area is 132 Å². The maximum atomic E-state index is 11.7. The quantitative estimate of drug-likeness (QED) is 0.710. The van der Waals surface area contributed by atoms with Gasteiger partial charge in [-0.25, -0.2) is 9.97 Å². The highest BCUT2D eigenvalue weighted by molar-refractivity contribution is 5.83. The molecule has 0 aromatic carbocycles. The molecule has 0 bridgehead atoms. The summed E-state index contributed by atoms with van der Waals surface area (Å²) in [5.41, 5.74) is 1.18. The van der Waals surface area contributed by atoms with E-state index in [1.54, 1.807) is 18.2 Å². The molecule has 1 rings (SSSR count). The number of carbonyl (C=O) groups excluding carboxylic acids is 1. The van der Waals surface area contributed by atoms with Gasteiger partial charge in [-0.2, -0.15) is 0 Å². The summed E-state index contributed by atoms with van der Waals surface area (Å²) in [5.74, 6) is 0.722. The van der Waals surface area contributed by atoms with Crippen LogP contribution in [-0.4, -0.2) is 35.5 Å². The van der Waals surface area contributed by atoms with Gasteiger partial charge >= 0.3 is 0 Å². The van der Waals surface area contributed by atoms with Crippen molar-refractivity contribution in [2.24, 2.45) is 5.41 Å². The molecule has 0 saturated carbocycles. The van der Waals surface area contributed by atoms with Crippen molar-refractivity contribution in [3.63, 3.8) is 0 Å². The fourth-order valence-electron chi connectivity index (χ4n) is 1.65. The third-order valence-corrected chi connectivity index (χ3v) is 3.02. The third-order valence-electron chi connectivity index (χ3n) is 3.02. The minimum Gasteiger partial charge on any atom is -0.379 e. The van der Waals surface area contributed by atoms with Crippen LogP contribution in [0.1, 0.15) is 38.6 Å². The van der Waals surface area contributed by atoms with Crippen LogP contribution < -0.4 is 5.32 Å². The second kappa shape index (κ2) is 8.44. The first-order valence-corrected chi connectivity index (χ1v) is 7.35. The minimum absolute atomic E-state index is 0.207. The van der Waals surface area contributed by atoms with Crippen LogP contribution in [0, 0.1) is 5.41 Å². The second-order valence-electron chi connectivity index (χ2n) is 5.91. The molecule has 5 nitrogen and oxygen atoms in total. The van der Waals surface area contributed by atoms with E-state index >= 15 is 0 Å². The predicted molar refractivity (Wildman–Crippen MR) is 90.6 cm³/mol. The van der Waals surface area contributed by atoms with Crippen LogP contribution in [0.3, 0.4) is 0 Å². The molecule has 0 saturated heterocycles. The van der Waals surface area contributed by atoms with Gasteiger partial charge in [-0.1, -0.05) is 33.9 Å². The summed E-state index contributed by atoms with van der Waals surface area (Å²) in [6, 6.07) is 1.81. The number of carbonyl (C=O) groups is 1.